The van der Waals surface area contributed by atoms with Crippen molar-refractivity contribution < 1.29 is 33.5 Å². The van der Waals surface area contributed by atoms with Crippen LogP contribution in [-0.4, -0.2) is 63.1 Å². The highest BCUT2D eigenvalue weighted by Crippen LogP contribution is 2.34. The summed E-state index contributed by atoms with van der Waals surface area (Å²) in [4.78, 5) is 70.5. The number of carboxylic acid groups (broad SMARTS) is 1. The van der Waals surface area contributed by atoms with Crippen molar-refractivity contribution in [3.63, 3.8) is 0 Å². The van der Waals surface area contributed by atoms with Gasteiger partial charge in [-0.25, -0.2) is 9.78 Å². The fourth-order valence-corrected chi connectivity index (χ4v) is 5.28. The lowest BCUT2D eigenvalue weighted by molar-refractivity contribution is -0.143. The van der Waals surface area contributed by atoms with Crippen molar-refractivity contribution >= 4 is 52.7 Å². The Balaban J connectivity index is 1.49. The molecule has 0 saturated heterocycles. The second-order valence-corrected chi connectivity index (χ2v) is 11.8. The third kappa shape index (κ3) is 9.27. The lowest BCUT2D eigenvalue weighted by Gasteiger charge is -2.30. The number of carbonyl (C=O) groups is 5. The van der Waals surface area contributed by atoms with Crippen LogP contribution in [0.2, 0.25) is 10.0 Å². The zero-order valence-electron chi connectivity index (χ0n) is 25.5. The van der Waals surface area contributed by atoms with Crippen LogP contribution >= 0.6 is 23.2 Å². The molecule has 1 heterocycles. The number of aliphatic carboxylic acids is 1. The number of halogens is 2. The van der Waals surface area contributed by atoms with Crippen LogP contribution in [0.25, 0.3) is 11.3 Å². The van der Waals surface area contributed by atoms with Crippen LogP contribution in [0.4, 0.5) is 0 Å². The maximum absolute atomic E-state index is 13.9. The van der Waals surface area contributed by atoms with Gasteiger partial charge in [-0.1, -0.05) is 91.6 Å². The molecule has 0 radical (unpaired) electrons. The molecule has 0 bridgehead atoms. The van der Waals surface area contributed by atoms with Gasteiger partial charge >= 0.3 is 5.97 Å². The van der Waals surface area contributed by atoms with E-state index in [9.17, 15) is 29.1 Å². The smallest absolute Gasteiger partial charge is 0.326 e. The number of hydrogen-bond donors (Lipinski definition) is 3. The minimum atomic E-state index is -1.67. The minimum absolute atomic E-state index is 0.00210. The van der Waals surface area contributed by atoms with Crippen molar-refractivity contribution in [1.82, 2.24) is 20.5 Å². The average Bonchev–Trinajstić information content (AvgIpc) is 3.53. The molecule has 11 nitrogen and oxygen atoms in total. The molecule has 13 heteroatoms. The third-order valence-corrected chi connectivity index (χ3v) is 7.73. The summed E-state index contributed by atoms with van der Waals surface area (Å²) in [5.41, 5.74) is 1.58. The molecule has 1 aromatic heterocycles. The molecular weight excluding hydrogens is 647 g/mol. The zero-order chi connectivity index (χ0) is 34.1. The number of oxazole rings is 1. The summed E-state index contributed by atoms with van der Waals surface area (Å²) in [6.07, 6.45) is 0.481. The summed E-state index contributed by atoms with van der Waals surface area (Å²) in [7, 11) is 0. The molecule has 0 spiro atoms. The van der Waals surface area contributed by atoms with Crippen LogP contribution in [0.1, 0.15) is 46.9 Å². The summed E-state index contributed by atoms with van der Waals surface area (Å²) in [6.45, 7) is 2.96. The van der Waals surface area contributed by atoms with Gasteiger partial charge in [-0.3, -0.25) is 19.2 Å². The van der Waals surface area contributed by atoms with Crippen LogP contribution < -0.4 is 10.6 Å². The highest BCUT2D eigenvalue weighted by Gasteiger charge is 2.32. The molecule has 3 N–H and O–H groups in total. The summed E-state index contributed by atoms with van der Waals surface area (Å²) >= 11 is 12.4. The van der Waals surface area contributed by atoms with E-state index in [4.69, 9.17) is 27.6 Å². The van der Waals surface area contributed by atoms with Crippen LogP contribution in [0, 0.1) is 5.92 Å². The van der Waals surface area contributed by atoms with Gasteiger partial charge in [-0.05, 0) is 35.7 Å². The van der Waals surface area contributed by atoms with Gasteiger partial charge in [0.15, 0.2) is 0 Å². The topological polar surface area (TPSA) is 159 Å². The summed E-state index contributed by atoms with van der Waals surface area (Å²) in [5, 5.41) is 15.5. The van der Waals surface area contributed by atoms with Gasteiger partial charge < -0.3 is 25.1 Å². The van der Waals surface area contributed by atoms with Gasteiger partial charge in [0, 0.05) is 24.1 Å². The first-order valence-corrected chi connectivity index (χ1v) is 15.3. The molecule has 4 rings (SSSR count). The van der Waals surface area contributed by atoms with Crippen LogP contribution in [0.3, 0.4) is 0 Å². The molecule has 0 aliphatic heterocycles. The first-order valence-electron chi connectivity index (χ1n) is 14.6. The fraction of sp³-hybridized carbons (Fsp3) is 0.235. The van der Waals surface area contributed by atoms with Crippen molar-refractivity contribution in [3.8, 4) is 11.3 Å². The highest BCUT2D eigenvalue weighted by atomic mass is 35.5. The summed E-state index contributed by atoms with van der Waals surface area (Å²) in [6, 6.07) is 19.4. The van der Waals surface area contributed by atoms with Gasteiger partial charge in [-0.2, -0.15) is 0 Å². The van der Waals surface area contributed by atoms with Crippen molar-refractivity contribution in [2.45, 2.75) is 38.9 Å². The van der Waals surface area contributed by atoms with E-state index >= 15 is 0 Å². The number of carbonyl (C=O) groups excluding carboxylic acids is 4. The van der Waals surface area contributed by atoms with Gasteiger partial charge in [0.2, 0.25) is 17.6 Å². The fourth-order valence-electron chi connectivity index (χ4n) is 4.69. The Bertz CT molecular complexity index is 1730. The maximum Gasteiger partial charge on any atom is 0.326 e. The number of nitrogens with one attached hydrogen (secondary N) is 2. The van der Waals surface area contributed by atoms with Crippen molar-refractivity contribution in [2.24, 2.45) is 5.92 Å². The zero-order valence-corrected chi connectivity index (χ0v) is 27.0. The number of hydrogen-bond acceptors (Lipinski definition) is 7. The quantitative estimate of drug-likeness (QED) is 0.152. The number of carboxylic acids is 1. The number of aromatic nitrogens is 1. The number of amides is 3. The molecule has 2 atom stereocenters. The molecule has 0 aliphatic rings. The summed E-state index contributed by atoms with van der Waals surface area (Å²) in [5.74, 6) is -4.87. The number of benzene rings is 3. The number of rotatable bonds is 14. The van der Waals surface area contributed by atoms with Gasteiger partial charge in [0.25, 0.3) is 11.8 Å². The normalized spacial score (nSPS) is 12.2. The van der Waals surface area contributed by atoms with Gasteiger partial charge in [-0.15, -0.1) is 0 Å². The van der Waals surface area contributed by atoms with E-state index < -0.39 is 60.4 Å². The molecule has 3 aromatic carbocycles. The Hall–Kier alpha value is -5.00. The van der Waals surface area contributed by atoms with Crippen molar-refractivity contribution in [3.05, 3.63) is 112 Å². The van der Waals surface area contributed by atoms with Gasteiger partial charge in [0.1, 0.15) is 24.0 Å². The Labute approximate surface area is 280 Å². The molecule has 47 heavy (non-hydrogen) atoms. The van der Waals surface area contributed by atoms with E-state index in [0.717, 1.165) is 0 Å². The van der Waals surface area contributed by atoms with Crippen molar-refractivity contribution in [2.75, 3.05) is 6.54 Å². The number of ketones is 1. The lowest BCUT2D eigenvalue weighted by Crippen LogP contribution is -2.54. The molecule has 0 aliphatic carbocycles. The average molecular weight is 680 g/mol. The molecule has 1 unspecified atom stereocenters. The van der Waals surface area contributed by atoms with E-state index in [-0.39, 0.29) is 28.2 Å². The lowest BCUT2D eigenvalue weighted by atomic mass is 10.0. The maximum atomic E-state index is 13.9. The van der Waals surface area contributed by atoms with Crippen molar-refractivity contribution in [1.29, 1.82) is 0 Å². The Morgan fingerprint density at radius 3 is 2.09 bits per heavy atom. The van der Waals surface area contributed by atoms with Crippen LogP contribution in [-0.2, 0) is 20.9 Å². The summed E-state index contributed by atoms with van der Waals surface area (Å²) < 4.78 is 5.28. The monoisotopic (exact) mass is 678 g/mol. The molecule has 3 amide bonds. The first-order chi connectivity index (χ1) is 22.4. The van der Waals surface area contributed by atoms with E-state index in [1.165, 1.54) is 11.2 Å². The van der Waals surface area contributed by atoms with Gasteiger partial charge in [0.05, 0.1) is 16.6 Å². The largest absolute Gasteiger partial charge is 0.480 e. The SMILES string of the molecule is CC(C)[C@H](NC(=O)c1ccccc1)C(=O)N(CC(=O)NC(CC(=O)c1nc(-c2c(Cl)cccc2Cl)co1)C(=O)O)Cc1ccccc1. The number of nitrogens with zero attached hydrogens (tertiary/aromatic N) is 2. The molecule has 244 valence electrons. The highest BCUT2D eigenvalue weighted by molar-refractivity contribution is 6.39. The predicted octanol–water partition coefficient (Wildman–Crippen LogP) is 5.27. The molecular formula is C34H32Cl2N4O7. The minimum Gasteiger partial charge on any atom is -0.480 e. The third-order valence-electron chi connectivity index (χ3n) is 7.10. The van der Waals surface area contributed by atoms with E-state index in [1.54, 1.807) is 92.7 Å². The second kappa shape index (κ2) is 16.0. The van der Waals surface area contributed by atoms with E-state index in [0.29, 0.717) is 16.7 Å². The first kappa shape index (κ1) is 34.9. The molecule has 0 saturated carbocycles. The number of Topliss-reactive ketones (excluding diaryl/α,β-unsaturated/α-hetero) is 1. The molecule has 0 fully saturated rings. The van der Waals surface area contributed by atoms with E-state index in [1.807, 2.05) is 0 Å². The predicted molar refractivity (Wildman–Crippen MR) is 175 cm³/mol. The standard InChI is InChI=1S/C34H32Cl2N4O7/c1-20(2)30(39-31(43)22-12-7-4-8-13-22)33(44)40(17-21-10-5-3-6-11-21)18-28(42)37-25(34(45)46)16-27(41)32-38-26(19-47-32)29-23(35)14-9-15-24(29)36/h3-15,19-20,25,30H,16-18H2,1-2H3,(H,37,42)(H,39,43)(H,45,46)/t25?,30-/m0/s1. The Morgan fingerprint density at radius 2 is 1.49 bits per heavy atom. The second-order valence-electron chi connectivity index (χ2n) is 11.0. The van der Waals surface area contributed by atoms with E-state index in [2.05, 4.69) is 15.6 Å². The van der Waals surface area contributed by atoms with Crippen LogP contribution in [0.5, 0.6) is 0 Å². The Morgan fingerprint density at radius 1 is 0.872 bits per heavy atom. The molecule has 4 aromatic rings. The van der Waals surface area contributed by atoms with Crippen LogP contribution in [0.15, 0.2) is 89.5 Å². The Kier molecular flexibility index (Phi) is 11.9.